The number of aliphatic hydroxyl groups excluding tert-OH is 1. The molecule has 1 N–H and O–H groups in total. The van der Waals surface area contributed by atoms with Crippen molar-refractivity contribution >= 4 is 5.69 Å². The maximum atomic E-state index is 10.2. The molecule has 0 bridgehead atoms. The molecule has 2 aromatic rings. The molecule has 20 heavy (non-hydrogen) atoms. The van der Waals surface area contributed by atoms with Crippen LogP contribution in [-0.2, 0) is 0 Å². The van der Waals surface area contributed by atoms with Gasteiger partial charge >= 0.3 is 0 Å². The summed E-state index contributed by atoms with van der Waals surface area (Å²) in [5.74, 6) is 0. The van der Waals surface area contributed by atoms with E-state index in [1.807, 2.05) is 24.3 Å². The van der Waals surface area contributed by atoms with Crippen LogP contribution < -0.4 is 4.90 Å². The third-order valence-corrected chi connectivity index (χ3v) is 3.64. The number of anilines is 1. The van der Waals surface area contributed by atoms with Crippen molar-refractivity contribution < 1.29 is 5.11 Å². The van der Waals surface area contributed by atoms with Gasteiger partial charge in [0.2, 0.25) is 0 Å². The highest BCUT2D eigenvalue weighted by Gasteiger charge is 2.09. The van der Waals surface area contributed by atoms with Crippen molar-refractivity contribution in [2.45, 2.75) is 26.4 Å². The summed E-state index contributed by atoms with van der Waals surface area (Å²) in [5, 5.41) is 10.2. The first-order valence-electron chi connectivity index (χ1n) is 7.08. The fourth-order valence-electron chi connectivity index (χ4n) is 2.27. The summed E-state index contributed by atoms with van der Waals surface area (Å²) < 4.78 is 0. The molecule has 0 fully saturated rings. The summed E-state index contributed by atoms with van der Waals surface area (Å²) >= 11 is 0. The molecule has 0 amide bonds. The van der Waals surface area contributed by atoms with E-state index in [9.17, 15) is 5.11 Å². The Morgan fingerprint density at radius 2 is 1.70 bits per heavy atom. The van der Waals surface area contributed by atoms with Crippen LogP contribution >= 0.6 is 0 Å². The molecule has 0 aliphatic heterocycles. The van der Waals surface area contributed by atoms with E-state index < -0.39 is 6.10 Å². The van der Waals surface area contributed by atoms with Gasteiger partial charge in [-0.05, 0) is 43.5 Å². The molecule has 0 aliphatic carbocycles. The van der Waals surface area contributed by atoms with Gasteiger partial charge in [-0.15, -0.1) is 0 Å². The smallest absolute Gasteiger partial charge is 0.0806 e. The lowest BCUT2D eigenvalue weighted by Gasteiger charge is -2.21. The predicted octanol–water partition coefficient (Wildman–Crippen LogP) is 3.86. The van der Waals surface area contributed by atoms with E-state index in [-0.39, 0.29) is 0 Å². The summed E-state index contributed by atoms with van der Waals surface area (Å²) in [6.07, 6.45) is 0.330. The normalized spacial score (nSPS) is 12.2. The highest BCUT2D eigenvalue weighted by molar-refractivity contribution is 5.47. The van der Waals surface area contributed by atoms with Crippen LogP contribution in [0.2, 0.25) is 0 Å². The summed E-state index contributed by atoms with van der Waals surface area (Å²) in [6.45, 7) is 4.98. The van der Waals surface area contributed by atoms with Crippen LogP contribution in [0.25, 0.3) is 0 Å². The van der Waals surface area contributed by atoms with Crippen molar-refractivity contribution in [2.75, 3.05) is 18.5 Å². The minimum Gasteiger partial charge on any atom is -0.388 e. The summed E-state index contributed by atoms with van der Waals surface area (Å²) in [4.78, 5) is 2.18. The van der Waals surface area contributed by atoms with Crippen LogP contribution in [0.4, 0.5) is 5.69 Å². The van der Waals surface area contributed by atoms with Gasteiger partial charge in [-0.2, -0.15) is 0 Å². The molecule has 0 saturated carbocycles. The number of rotatable bonds is 5. The summed E-state index contributed by atoms with van der Waals surface area (Å²) in [5.41, 5.74) is 4.67. The number of aryl methyl sites for hydroxylation is 2. The van der Waals surface area contributed by atoms with Gasteiger partial charge in [-0.25, -0.2) is 0 Å². The van der Waals surface area contributed by atoms with Crippen molar-refractivity contribution in [1.82, 2.24) is 0 Å². The molecular weight excluding hydrogens is 246 g/mol. The van der Waals surface area contributed by atoms with Crippen molar-refractivity contribution in [2.24, 2.45) is 0 Å². The molecule has 0 radical (unpaired) electrons. The Balaban J connectivity index is 1.93. The van der Waals surface area contributed by atoms with Crippen LogP contribution in [0.3, 0.4) is 0 Å². The van der Waals surface area contributed by atoms with E-state index in [4.69, 9.17) is 0 Å². The summed E-state index contributed by atoms with van der Waals surface area (Å²) in [7, 11) is 2.07. The topological polar surface area (TPSA) is 23.5 Å². The van der Waals surface area contributed by atoms with Gasteiger partial charge in [0.25, 0.3) is 0 Å². The predicted molar refractivity (Wildman–Crippen MR) is 85.2 cm³/mol. The second-order valence-electron chi connectivity index (χ2n) is 5.48. The Labute approximate surface area is 121 Å². The number of benzene rings is 2. The van der Waals surface area contributed by atoms with Crippen molar-refractivity contribution in [3.8, 4) is 0 Å². The first kappa shape index (κ1) is 14.6. The zero-order valence-electron chi connectivity index (χ0n) is 12.5. The van der Waals surface area contributed by atoms with E-state index in [0.29, 0.717) is 0 Å². The highest BCUT2D eigenvalue weighted by atomic mass is 16.3. The Kier molecular flexibility index (Phi) is 4.80. The van der Waals surface area contributed by atoms with E-state index in [0.717, 1.165) is 18.5 Å². The first-order chi connectivity index (χ1) is 9.56. The van der Waals surface area contributed by atoms with Gasteiger partial charge in [0, 0.05) is 19.3 Å². The quantitative estimate of drug-likeness (QED) is 0.891. The molecule has 106 valence electrons. The lowest BCUT2D eigenvalue weighted by atomic mass is 10.0. The first-order valence-corrected chi connectivity index (χ1v) is 7.08. The third kappa shape index (κ3) is 3.84. The van der Waals surface area contributed by atoms with Crippen molar-refractivity contribution in [3.05, 3.63) is 65.2 Å². The van der Waals surface area contributed by atoms with Crippen LogP contribution in [0.15, 0.2) is 48.5 Å². The van der Waals surface area contributed by atoms with Crippen molar-refractivity contribution in [3.63, 3.8) is 0 Å². The zero-order valence-corrected chi connectivity index (χ0v) is 12.5. The summed E-state index contributed by atoms with van der Waals surface area (Å²) in [6, 6.07) is 16.5. The molecule has 2 nitrogen and oxygen atoms in total. The molecule has 0 heterocycles. The Bertz CT molecular complexity index is 548. The molecule has 2 rings (SSSR count). The molecule has 1 unspecified atom stereocenters. The maximum Gasteiger partial charge on any atom is 0.0806 e. The van der Waals surface area contributed by atoms with Crippen LogP contribution in [0.1, 0.15) is 29.2 Å². The Morgan fingerprint density at radius 1 is 1.00 bits per heavy atom. The zero-order chi connectivity index (χ0) is 14.5. The van der Waals surface area contributed by atoms with E-state index in [2.05, 4.69) is 50.1 Å². The van der Waals surface area contributed by atoms with E-state index in [1.165, 1.54) is 16.8 Å². The molecule has 0 saturated heterocycles. The second kappa shape index (κ2) is 6.58. The van der Waals surface area contributed by atoms with Crippen LogP contribution in [0.5, 0.6) is 0 Å². The largest absolute Gasteiger partial charge is 0.388 e. The molecule has 0 spiro atoms. The molecule has 1 atom stereocenters. The standard InChI is InChI=1S/C18H23NO/c1-14-7-9-16(10-8-14)18(20)11-12-19(3)17-6-4-5-15(2)13-17/h4-10,13,18,20H,11-12H2,1-3H3. The van der Waals surface area contributed by atoms with Crippen LogP contribution in [-0.4, -0.2) is 18.7 Å². The van der Waals surface area contributed by atoms with Gasteiger partial charge in [-0.3, -0.25) is 0 Å². The molecule has 0 aliphatic rings. The van der Waals surface area contributed by atoms with Crippen molar-refractivity contribution in [1.29, 1.82) is 0 Å². The minimum atomic E-state index is -0.400. The fourth-order valence-corrected chi connectivity index (χ4v) is 2.27. The molecule has 0 aromatic heterocycles. The van der Waals surface area contributed by atoms with Gasteiger partial charge in [-0.1, -0.05) is 42.0 Å². The lowest BCUT2D eigenvalue weighted by molar-refractivity contribution is 0.170. The molecule has 2 heteroatoms. The molecule has 2 aromatic carbocycles. The lowest BCUT2D eigenvalue weighted by Crippen LogP contribution is -2.20. The molecular formula is C18H23NO. The van der Waals surface area contributed by atoms with Gasteiger partial charge in [0.05, 0.1) is 6.10 Å². The average molecular weight is 269 g/mol. The fraction of sp³-hybridized carbons (Fsp3) is 0.333. The van der Waals surface area contributed by atoms with E-state index >= 15 is 0 Å². The number of hydrogen-bond acceptors (Lipinski definition) is 2. The van der Waals surface area contributed by atoms with Gasteiger partial charge < -0.3 is 10.0 Å². The number of nitrogens with zero attached hydrogens (tertiary/aromatic N) is 1. The Hall–Kier alpha value is -1.80. The number of aliphatic hydroxyl groups is 1. The Morgan fingerprint density at radius 3 is 2.35 bits per heavy atom. The van der Waals surface area contributed by atoms with Gasteiger partial charge in [0.1, 0.15) is 0 Å². The second-order valence-corrected chi connectivity index (χ2v) is 5.48. The maximum absolute atomic E-state index is 10.2. The van der Waals surface area contributed by atoms with Gasteiger partial charge in [0.15, 0.2) is 0 Å². The monoisotopic (exact) mass is 269 g/mol. The SMILES string of the molecule is Cc1ccc(C(O)CCN(C)c2cccc(C)c2)cc1. The third-order valence-electron chi connectivity index (χ3n) is 3.64. The average Bonchev–Trinajstić information content (AvgIpc) is 2.45. The number of hydrogen-bond donors (Lipinski definition) is 1. The minimum absolute atomic E-state index is 0.400. The van der Waals surface area contributed by atoms with E-state index in [1.54, 1.807) is 0 Å². The van der Waals surface area contributed by atoms with Crippen LogP contribution in [0, 0.1) is 13.8 Å². The highest BCUT2D eigenvalue weighted by Crippen LogP contribution is 2.20.